The Balaban J connectivity index is 1.80. The third-order valence-electron chi connectivity index (χ3n) is 10.1. The Morgan fingerprint density at radius 3 is 2.15 bits per heavy atom. The van der Waals surface area contributed by atoms with E-state index in [-0.39, 0.29) is 28.9 Å². The van der Waals surface area contributed by atoms with Crippen molar-refractivity contribution in [2.24, 2.45) is 10.8 Å². The van der Waals surface area contributed by atoms with E-state index in [9.17, 15) is 36.2 Å². The normalized spacial score (nSPS) is 24.3. The zero-order chi connectivity index (χ0) is 35.3. The van der Waals surface area contributed by atoms with Crippen LogP contribution in [-0.4, -0.2) is 47.9 Å². The number of allylic oxidation sites excluding steroid dienone is 6. The molecule has 266 valence electrons. The lowest BCUT2D eigenvalue weighted by Crippen LogP contribution is -2.41. The summed E-state index contributed by atoms with van der Waals surface area (Å²) in [7, 11) is -10.2. The molecule has 2 aliphatic rings. The Bertz CT molecular complexity index is 1570. The highest BCUT2D eigenvalue weighted by Crippen LogP contribution is 2.56. The van der Waals surface area contributed by atoms with Crippen LogP contribution in [0.15, 0.2) is 52.6 Å². The van der Waals surface area contributed by atoms with Crippen molar-refractivity contribution in [2.75, 3.05) is 0 Å². The molecule has 0 fully saturated rings. The summed E-state index contributed by atoms with van der Waals surface area (Å²) < 4.78 is 77.4. The van der Waals surface area contributed by atoms with Crippen LogP contribution in [0.25, 0.3) is 0 Å². The van der Waals surface area contributed by atoms with Crippen LogP contribution in [0.1, 0.15) is 124 Å². The molecule has 1 aromatic carbocycles. The van der Waals surface area contributed by atoms with Crippen molar-refractivity contribution in [3.05, 3.63) is 58.2 Å². The van der Waals surface area contributed by atoms with Crippen molar-refractivity contribution in [2.45, 2.75) is 137 Å². The van der Waals surface area contributed by atoms with Crippen LogP contribution in [0.4, 0.5) is 0 Å². The summed E-state index contributed by atoms with van der Waals surface area (Å²) >= 11 is 0. The van der Waals surface area contributed by atoms with Crippen molar-refractivity contribution < 1.29 is 44.5 Å². The van der Waals surface area contributed by atoms with Gasteiger partial charge >= 0.3 is 0 Å². The Morgan fingerprint density at radius 1 is 0.957 bits per heavy atom. The van der Waals surface area contributed by atoms with Gasteiger partial charge in [-0.05, 0) is 140 Å². The van der Waals surface area contributed by atoms with Crippen molar-refractivity contribution in [1.29, 1.82) is 0 Å². The van der Waals surface area contributed by atoms with Gasteiger partial charge in [0, 0.05) is 5.56 Å². The van der Waals surface area contributed by atoms with E-state index in [0.717, 1.165) is 63.5 Å². The van der Waals surface area contributed by atoms with Gasteiger partial charge in [-0.15, -0.1) is 0 Å². The molecule has 0 bridgehead atoms. The Kier molecular flexibility index (Phi) is 13.0. The smallest absolute Gasteiger partial charge is 0.262 e. The second-order valence-corrected chi connectivity index (χ2v) is 16.5. The average molecular weight is 697 g/mol. The summed E-state index contributed by atoms with van der Waals surface area (Å²) in [6.07, 6.45) is 13.0. The molecule has 0 amide bonds. The van der Waals surface area contributed by atoms with E-state index in [1.807, 2.05) is 0 Å². The van der Waals surface area contributed by atoms with Crippen LogP contribution >= 0.6 is 0 Å². The molecule has 4 atom stereocenters. The lowest BCUT2D eigenvalue weighted by atomic mass is 9.57. The number of hydrogen-bond acceptors (Lipinski definition) is 10. The van der Waals surface area contributed by atoms with E-state index in [1.54, 1.807) is 6.92 Å². The van der Waals surface area contributed by atoms with Crippen LogP contribution in [0.3, 0.4) is 0 Å². The molecule has 0 heterocycles. The van der Waals surface area contributed by atoms with Gasteiger partial charge in [-0.3, -0.25) is 0 Å². The Hall–Kier alpha value is -2.22. The summed E-state index contributed by atoms with van der Waals surface area (Å²) in [5.74, 6) is -0.547. The highest BCUT2D eigenvalue weighted by atomic mass is 32.3. The second kappa shape index (κ2) is 15.6. The van der Waals surface area contributed by atoms with Gasteiger partial charge in [0.05, 0.1) is 11.7 Å². The molecule has 3 unspecified atom stereocenters. The third kappa shape index (κ3) is 11.7. The van der Waals surface area contributed by atoms with Gasteiger partial charge in [0.25, 0.3) is 20.8 Å². The van der Waals surface area contributed by atoms with Crippen molar-refractivity contribution in [1.82, 2.24) is 0 Å². The SMILES string of the molecule is CC(C)=CCC/C(C)=C/CCC(C)(O)C(O)CC[C@]1(C)CCCC2=C1CCCC2(C)Cc1cc(OS(=O)(=O)[O-])ccc1OS(=O)(=O)[O-]. The highest BCUT2D eigenvalue weighted by Gasteiger charge is 2.44. The number of benzene rings is 1. The van der Waals surface area contributed by atoms with E-state index >= 15 is 0 Å². The maximum Gasteiger partial charge on any atom is 0.262 e. The van der Waals surface area contributed by atoms with Gasteiger partial charge < -0.3 is 27.7 Å². The standard InChI is InChI=1S/C35H54O10S2/c1-25(2)11-7-12-26(3)13-8-21-35(6,37)32(36)18-22-33(4)19-9-15-30-29(33)14-10-20-34(30,5)24-27-23-28(44-46(38,39)40)16-17-31(27)45-47(41,42)43/h11,13,16-17,23,32,36-37H,7-10,12,14-15,18-22,24H2,1-6H3,(H,38,39,40)(H,41,42,43)/p-2/b26-13+/t32?,33-,34?,35?/m0/s1. The predicted octanol–water partition coefficient (Wildman–Crippen LogP) is 6.95. The molecule has 0 aromatic heterocycles. The third-order valence-corrected chi connectivity index (χ3v) is 10.8. The van der Waals surface area contributed by atoms with E-state index in [1.165, 1.54) is 28.4 Å². The van der Waals surface area contributed by atoms with Crippen LogP contribution < -0.4 is 8.37 Å². The predicted molar refractivity (Wildman–Crippen MR) is 179 cm³/mol. The molecule has 2 N–H and O–H groups in total. The first kappa shape index (κ1) is 39.2. The number of hydrogen-bond donors (Lipinski definition) is 2. The minimum absolute atomic E-state index is 0.215. The first-order valence-electron chi connectivity index (χ1n) is 16.5. The summed E-state index contributed by atoms with van der Waals surface area (Å²) in [6.45, 7) is 12.2. The van der Waals surface area contributed by atoms with Gasteiger partial charge in [-0.25, -0.2) is 16.8 Å². The molecule has 0 saturated carbocycles. The van der Waals surface area contributed by atoms with Gasteiger partial charge in [-0.1, -0.05) is 48.3 Å². The Labute approximate surface area is 281 Å². The zero-order valence-electron chi connectivity index (χ0n) is 28.6. The highest BCUT2D eigenvalue weighted by molar-refractivity contribution is 7.81. The van der Waals surface area contributed by atoms with Crippen LogP contribution in [0.2, 0.25) is 0 Å². The van der Waals surface area contributed by atoms with E-state index in [4.69, 9.17) is 4.18 Å². The quantitative estimate of drug-likeness (QED) is 0.105. The molecule has 1 aromatic rings. The first-order chi connectivity index (χ1) is 21.6. The largest absolute Gasteiger partial charge is 0.716 e. The van der Waals surface area contributed by atoms with E-state index in [0.29, 0.717) is 25.7 Å². The molecule has 12 heteroatoms. The van der Waals surface area contributed by atoms with Crippen LogP contribution in [-0.2, 0) is 27.2 Å². The van der Waals surface area contributed by atoms with Gasteiger partial charge in [-0.2, -0.15) is 0 Å². The first-order valence-corrected chi connectivity index (χ1v) is 19.2. The maximum atomic E-state index is 11.5. The minimum Gasteiger partial charge on any atom is -0.716 e. The minimum atomic E-state index is -5.13. The summed E-state index contributed by atoms with van der Waals surface area (Å²) in [5.41, 5.74) is 3.40. The molecule has 0 radical (unpaired) electrons. The monoisotopic (exact) mass is 696 g/mol. The molecular formula is C35H52O10S2-2. The fourth-order valence-electron chi connectivity index (χ4n) is 7.43. The molecule has 0 saturated heterocycles. The molecule has 47 heavy (non-hydrogen) atoms. The van der Waals surface area contributed by atoms with Gasteiger partial charge in [0.15, 0.2) is 0 Å². The summed E-state index contributed by atoms with van der Waals surface area (Å²) in [5, 5.41) is 22.3. The fourth-order valence-corrected chi connectivity index (χ4v) is 8.15. The van der Waals surface area contributed by atoms with E-state index < -0.39 is 37.9 Å². The van der Waals surface area contributed by atoms with E-state index in [2.05, 4.69) is 51.0 Å². The number of aliphatic hydroxyl groups excluding tert-OH is 1. The topological polar surface area (TPSA) is 173 Å². The van der Waals surface area contributed by atoms with Crippen molar-refractivity contribution in [3.63, 3.8) is 0 Å². The lowest BCUT2D eigenvalue weighted by molar-refractivity contribution is -0.0732. The molecule has 2 aliphatic carbocycles. The van der Waals surface area contributed by atoms with Crippen LogP contribution in [0, 0.1) is 10.8 Å². The van der Waals surface area contributed by atoms with Crippen LogP contribution in [0.5, 0.6) is 11.5 Å². The molecule has 10 nitrogen and oxygen atoms in total. The maximum absolute atomic E-state index is 11.5. The van der Waals surface area contributed by atoms with Gasteiger partial charge in [0.1, 0.15) is 11.5 Å². The summed E-state index contributed by atoms with van der Waals surface area (Å²) in [4.78, 5) is 0. The van der Waals surface area contributed by atoms with Gasteiger partial charge in [0.2, 0.25) is 0 Å². The Morgan fingerprint density at radius 2 is 1.55 bits per heavy atom. The number of aliphatic hydroxyl groups is 2. The average Bonchev–Trinajstić information content (AvgIpc) is 2.92. The second-order valence-electron chi connectivity index (χ2n) is 14.5. The molecule has 0 spiro atoms. The number of rotatable bonds is 16. The molecule has 0 aliphatic heterocycles. The van der Waals surface area contributed by atoms with Crippen molar-refractivity contribution in [3.8, 4) is 11.5 Å². The lowest BCUT2D eigenvalue weighted by Gasteiger charge is -2.48. The zero-order valence-corrected chi connectivity index (χ0v) is 30.3. The molecular weight excluding hydrogens is 645 g/mol. The molecule has 3 rings (SSSR count). The summed E-state index contributed by atoms with van der Waals surface area (Å²) in [6, 6.07) is 3.41. The van der Waals surface area contributed by atoms with Crippen molar-refractivity contribution >= 4 is 20.8 Å². The fraction of sp³-hybridized carbons (Fsp3) is 0.657.